The largest absolute Gasteiger partial charge is 0.382 e. The van der Waals surface area contributed by atoms with Gasteiger partial charge in [0.1, 0.15) is 0 Å². The van der Waals surface area contributed by atoms with Crippen LogP contribution in [0, 0.1) is 0 Å². The lowest BCUT2D eigenvalue weighted by Crippen LogP contribution is -2.25. The number of methoxy groups -OCH3 is 1. The number of rotatable bonds is 9. The summed E-state index contributed by atoms with van der Waals surface area (Å²) in [6.07, 6.45) is 4.06. The number of aromatic nitrogens is 2. The first-order valence-electron chi connectivity index (χ1n) is 7.26. The molecule has 6 heteroatoms. The Morgan fingerprint density at radius 2 is 2.05 bits per heavy atom. The Kier molecular flexibility index (Phi) is 6.60. The Balaban J connectivity index is 1.73. The van der Waals surface area contributed by atoms with Crippen LogP contribution >= 0.6 is 0 Å². The zero-order valence-electron chi connectivity index (χ0n) is 12.7. The van der Waals surface area contributed by atoms with Gasteiger partial charge in [-0.05, 0) is 18.6 Å². The third kappa shape index (κ3) is 4.98. The molecule has 0 atom stereocenters. The summed E-state index contributed by atoms with van der Waals surface area (Å²) in [5.74, 6) is -0.126. The van der Waals surface area contributed by atoms with Crippen LogP contribution < -0.4 is 5.32 Å². The number of carbonyl (C=O) groups excluding carboxylic acids is 1. The molecule has 1 aromatic carbocycles. The van der Waals surface area contributed by atoms with Crippen molar-refractivity contribution in [3.63, 3.8) is 0 Å². The smallest absolute Gasteiger partial charge is 0.254 e. The predicted molar refractivity (Wildman–Crippen MR) is 83.2 cm³/mol. The average molecular weight is 303 g/mol. The molecule has 0 fully saturated rings. The molecule has 22 heavy (non-hydrogen) atoms. The van der Waals surface area contributed by atoms with E-state index in [1.807, 2.05) is 30.3 Å². The lowest BCUT2D eigenvalue weighted by molar-refractivity contribution is 0.0688. The first-order chi connectivity index (χ1) is 10.8. The van der Waals surface area contributed by atoms with Gasteiger partial charge in [-0.3, -0.25) is 4.79 Å². The zero-order chi connectivity index (χ0) is 15.6. The average Bonchev–Trinajstić information content (AvgIpc) is 3.05. The van der Waals surface area contributed by atoms with E-state index in [9.17, 15) is 4.79 Å². The van der Waals surface area contributed by atoms with Crippen molar-refractivity contribution in [1.29, 1.82) is 0 Å². The number of hydrogen-bond donors (Lipinski definition) is 1. The molecular formula is C16H21N3O3. The highest BCUT2D eigenvalue weighted by molar-refractivity contribution is 5.93. The monoisotopic (exact) mass is 303 g/mol. The standard InChI is InChI=1S/C16H21N3O3/c1-21-10-11-22-9-5-8-17-16(20)14-12-18-19(13-14)15-6-3-2-4-7-15/h2-4,6-7,12-13H,5,8-11H2,1H3,(H,17,20). The van der Waals surface area contributed by atoms with E-state index in [0.29, 0.717) is 31.9 Å². The van der Waals surface area contributed by atoms with Crippen molar-refractivity contribution in [2.24, 2.45) is 0 Å². The summed E-state index contributed by atoms with van der Waals surface area (Å²) in [6, 6.07) is 9.67. The summed E-state index contributed by atoms with van der Waals surface area (Å²) in [5.41, 5.74) is 1.47. The van der Waals surface area contributed by atoms with Crippen molar-refractivity contribution in [2.75, 3.05) is 33.5 Å². The van der Waals surface area contributed by atoms with Crippen LogP contribution in [0.2, 0.25) is 0 Å². The zero-order valence-corrected chi connectivity index (χ0v) is 12.7. The minimum absolute atomic E-state index is 0.126. The van der Waals surface area contributed by atoms with Crippen LogP contribution in [0.4, 0.5) is 0 Å². The molecule has 0 spiro atoms. The maximum Gasteiger partial charge on any atom is 0.254 e. The number of ether oxygens (including phenoxy) is 2. The third-order valence-corrected chi connectivity index (χ3v) is 3.05. The van der Waals surface area contributed by atoms with Crippen LogP contribution in [0.1, 0.15) is 16.8 Å². The summed E-state index contributed by atoms with van der Waals surface area (Å²) in [7, 11) is 1.64. The van der Waals surface area contributed by atoms with Gasteiger partial charge >= 0.3 is 0 Å². The fourth-order valence-electron chi connectivity index (χ4n) is 1.88. The van der Waals surface area contributed by atoms with Gasteiger partial charge in [0.15, 0.2) is 0 Å². The molecule has 0 aliphatic carbocycles. The molecule has 6 nitrogen and oxygen atoms in total. The Morgan fingerprint density at radius 1 is 1.23 bits per heavy atom. The molecular weight excluding hydrogens is 282 g/mol. The number of nitrogens with one attached hydrogen (secondary N) is 1. The number of carbonyl (C=O) groups is 1. The third-order valence-electron chi connectivity index (χ3n) is 3.05. The maximum atomic E-state index is 12.0. The van der Waals surface area contributed by atoms with Gasteiger partial charge in [-0.2, -0.15) is 5.10 Å². The lowest BCUT2D eigenvalue weighted by atomic mass is 10.3. The van der Waals surface area contributed by atoms with E-state index in [1.165, 1.54) is 0 Å². The van der Waals surface area contributed by atoms with Gasteiger partial charge in [-0.1, -0.05) is 18.2 Å². The van der Waals surface area contributed by atoms with Crippen LogP contribution in [0.3, 0.4) is 0 Å². The van der Waals surface area contributed by atoms with E-state index in [0.717, 1.165) is 12.1 Å². The molecule has 1 heterocycles. The van der Waals surface area contributed by atoms with Crippen LogP contribution in [-0.4, -0.2) is 49.2 Å². The predicted octanol–water partition coefficient (Wildman–Crippen LogP) is 1.66. The minimum Gasteiger partial charge on any atom is -0.382 e. The van der Waals surface area contributed by atoms with Crippen molar-refractivity contribution in [3.05, 3.63) is 48.3 Å². The van der Waals surface area contributed by atoms with Crippen LogP contribution in [0.5, 0.6) is 0 Å². The highest BCUT2D eigenvalue weighted by atomic mass is 16.5. The van der Waals surface area contributed by atoms with Crippen molar-refractivity contribution >= 4 is 5.91 Å². The molecule has 1 aromatic heterocycles. The first kappa shape index (κ1) is 16.2. The molecule has 0 aliphatic heterocycles. The second-order valence-electron chi connectivity index (χ2n) is 4.72. The van der Waals surface area contributed by atoms with E-state index in [1.54, 1.807) is 24.2 Å². The SMILES string of the molecule is COCCOCCCNC(=O)c1cnn(-c2ccccc2)c1. The molecule has 2 aromatic rings. The van der Waals surface area contributed by atoms with E-state index in [2.05, 4.69) is 10.4 Å². The molecule has 118 valence electrons. The van der Waals surface area contributed by atoms with Gasteiger partial charge < -0.3 is 14.8 Å². The molecule has 0 unspecified atom stereocenters. The summed E-state index contributed by atoms with van der Waals surface area (Å²) in [4.78, 5) is 12.0. The summed E-state index contributed by atoms with van der Waals surface area (Å²) >= 11 is 0. The van der Waals surface area contributed by atoms with E-state index in [4.69, 9.17) is 9.47 Å². The van der Waals surface area contributed by atoms with Crippen molar-refractivity contribution in [3.8, 4) is 5.69 Å². The topological polar surface area (TPSA) is 65.4 Å². The summed E-state index contributed by atoms with van der Waals surface area (Å²) in [6.45, 7) is 2.34. The maximum absolute atomic E-state index is 12.0. The molecule has 0 saturated carbocycles. The summed E-state index contributed by atoms with van der Waals surface area (Å²) < 4.78 is 11.9. The fourth-order valence-corrected chi connectivity index (χ4v) is 1.88. The normalized spacial score (nSPS) is 10.6. The van der Waals surface area contributed by atoms with Crippen molar-refractivity contribution in [1.82, 2.24) is 15.1 Å². The second-order valence-corrected chi connectivity index (χ2v) is 4.72. The van der Waals surface area contributed by atoms with Crippen LogP contribution in [0.25, 0.3) is 5.69 Å². The van der Waals surface area contributed by atoms with Gasteiger partial charge in [0, 0.05) is 26.5 Å². The Bertz CT molecular complexity index is 569. The molecule has 2 rings (SSSR count). The number of hydrogen-bond acceptors (Lipinski definition) is 4. The second kappa shape index (κ2) is 8.96. The molecule has 0 aliphatic rings. The van der Waals surface area contributed by atoms with Gasteiger partial charge in [0.05, 0.1) is 30.7 Å². The van der Waals surface area contributed by atoms with E-state index < -0.39 is 0 Å². The van der Waals surface area contributed by atoms with Crippen molar-refractivity contribution in [2.45, 2.75) is 6.42 Å². The van der Waals surface area contributed by atoms with Crippen LogP contribution in [0.15, 0.2) is 42.7 Å². The van der Waals surface area contributed by atoms with E-state index in [-0.39, 0.29) is 5.91 Å². The highest BCUT2D eigenvalue weighted by Crippen LogP contribution is 2.07. The lowest BCUT2D eigenvalue weighted by Gasteiger charge is -2.05. The molecule has 1 N–H and O–H groups in total. The Hall–Kier alpha value is -2.18. The van der Waals surface area contributed by atoms with Gasteiger partial charge in [-0.15, -0.1) is 0 Å². The number of benzene rings is 1. The molecule has 0 saturated heterocycles. The highest BCUT2D eigenvalue weighted by Gasteiger charge is 2.08. The van der Waals surface area contributed by atoms with Crippen molar-refractivity contribution < 1.29 is 14.3 Å². The minimum atomic E-state index is -0.126. The van der Waals surface area contributed by atoms with E-state index >= 15 is 0 Å². The fraction of sp³-hybridized carbons (Fsp3) is 0.375. The number of amides is 1. The van der Waals surface area contributed by atoms with Gasteiger partial charge in [0.2, 0.25) is 0 Å². The van der Waals surface area contributed by atoms with Gasteiger partial charge in [0.25, 0.3) is 5.91 Å². The number of nitrogens with zero attached hydrogens (tertiary/aromatic N) is 2. The van der Waals surface area contributed by atoms with Gasteiger partial charge in [-0.25, -0.2) is 4.68 Å². The Morgan fingerprint density at radius 3 is 2.82 bits per heavy atom. The summed E-state index contributed by atoms with van der Waals surface area (Å²) in [5, 5.41) is 7.05. The molecule has 1 amide bonds. The molecule has 0 radical (unpaired) electrons. The first-order valence-corrected chi connectivity index (χ1v) is 7.26. The Labute approximate surface area is 130 Å². The van der Waals surface area contributed by atoms with Crippen LogP contribution in [-0.2, 0) is 9.47 Å². The molecule has 0 bridgehead atoms. The number of para-hydroxylation sites is 1. The quantitative estimate of drug-likeness (QED) is 0.716.